The average Bonchev–Trinajstić information content (AvgIpc) is 3.64. The second kappa shape index (κ2) is 13.3. The summed E-state index contributed by atoms with van der Waals surface area (Å²) < 4.78 is 82.1. The van der Waals surface area contributed by atoms with Gasteiger partial charge in [0.05, 0.1) is 28.8 Å². The zero-order valence-electron chi connectivity index (χ0n) is 28.7. The van der Waals surface area contributed by atoms with Crippen LogP contribution in [0, 0.1) is 24.0 Å². The van der Waals surface area contributed by atoms with E-state index in [0.29, 0.717) is 67.6 Å². The molecule has 0 unspecified atom stereocenters. The number of aromatic hydroxyl groups is 1. The Bertz CT molecular complexity index is 2090. The summed E-state index contributed by atoms with van der Waals surface area (Å²) in [5.41, 5.74) is 0.0770. The molecule has 3 fully saturated rings. The number of phenolic OH excluding ortho intramolecular Hbond substituents is 1. The number of hydrogen-bond donors (Lipinski definition) is 2. The number of phenols is 1. The molecule has 2 N–H and O–H groups in total. The van der Waals surface area contributed by atoms with E-state index < -0.39 is 30.0 Å². The van der Waals surface area contributed by atoms with Gasteiger partial charge in [0.1, 0.15) is 41.8 Å². The topological polar surface area (TPSA) is 95.9 Å². The van der Waals surface area contributed by atoms with Crippen molar-refractivity contribution in [3.05, 3.63) is 47.2 Å². The van der Waals surface area contributed by atoms with E-state index in [9.17, 15) is 18.3 Å². The van der Waals surface area contributed by atoms with Crippen LogP contribution in [-0.2, 0) is 11.2 Å². The Kier molecular flexibility index (Phi) is 8.87. The molecule has 4 atom stereocenters. The molecule has 4 aromatic rings. The average molecular weight is 723 g/mol. The molecule has 0 bridgehead atoms. The molecular formula is C38H39F5N6O3. The quantitative estimate of drug-likeness (QED) is 0.161. The Morgan fingerprint density at radius 2 is 1.96 bits per heavy atom. The predicted octanol–water partition coefficient (Wildman–Crippen LogP) is 6.27. The van der Waals surface area contributed by atoms with Crippen molar-refractivity contribution < 1.29 is 36.5 Å². The van der Waals surface area contributed by atoms with Crippen LogP contribution in [0.15, 0.2) is 24.3 Å². The second-order valence-electron chi connectivity index (χ2n) is 14.4. The van der Waals surface area contributed by atoms with Gasteiger partial charge in [-0.1, -0.05) is 18.9 Å². The Labute approximate surface area is 297 Å². The van der Waals surface area contributed by atoms with Crippen molar-refractivity contribution >= 4 is 27.5 Å². The lowest BCUT2D eigenvalue weighted by molar-refractivity contribution is -0.177. The molecule has 0 spiro atoms. The Morgan fingerprint density at radius 1 is 1.12 bits per heavy atom. The number of halogens is 5. The number of benzene rings is 2. The van der Waals surface area contributed by atoms with Gasteiger partial charge in [0, 0.05) is 42.2 Å². The number of ether oxygens (including phenoxy) is 2. The maximum Gasteiger partial charge on any atom is 0.411 e. The number of aryl methyl sites for hydroxylation is 1. The Morgan fingerprint density at radius 3 is 2.75 bits per heavy atom. The van der Waals surface area contributed by atoms with Crippen LogP contribution in [0.4, 0.5) is 27.8 Å². The predicted molar refractivity (Wildman–Crippen MR) is 185 cm³/mol. The van der Waals surface area contributed by atoms with Crippen LogP contribution in [0.25, 0.3) is 32.9 Å². The van der Waals surface area contributed by atoms with Gasteiger partial charge in [-0.25, -0.2) is 13.8 Å². The monoisotopic (exact) mass is 722 g/mol. The van der Waals surface area contributed by atoms with Gasteiger partial charge in [-0.2, -0.15) is 23.1 Å². The summed E-state index contributed by atoms with van der Waals surface area (Å²) in [7, 11) is 0. The van der Waals surface area contributed by atoms with E-state index in [1.807, 2.05) is 0 Å². The third kappa shape index (κ3) is 6.06. The fourth-order valence-corrected chi connectivity index (χ4v) is 8.85. The highest BCUT2D eigenvalue weighted by atomic mass is 19.4. The fraction of sp³-hybridized carbons (Fsp3) is 0.500. The smallest absolute Gasteiger partial charge is 0.411 e. The number of nitrogens with zero attached hydrogens (tertiary/aromatic N) is 5. The van der Waals surface area contributed by atoms with Crippen LogP contribution in [0.5, 0.6) is 11.8 Å². The molecule has 0 radical (unpaired) electrons. The van der Waals surface area contributed by atoms with Crippen molar-refractivity contribution in [3.8, 4) is 35.4 Å². The van der Waals surface area contributed by atoms with Gasteiger partial charge in [0.25, 0.3) is 0 Å². The highest BCUT2D eigenvalue weighted by Gasteiger charge is 2.50. The number of rotatable bonds is 8. The number of alkyl halides is 3. The molecular weight excluding hydrogens is 683 g/mol. The van der Waals surface area contributed by atoms with Crippen LogP contribution < -0.4 is 15.0 Å². The molecule has 2 aromatic heterocycles. The minimum absolute atomic E-state index is 0.00647. The van der Waals surface area contributed by atoms with Crippen LogP contribution in [0.1, 0.15) is 56.7 Å². The van der Waals surface area contributed by atoms with Gasteiger partial charge >= 0.3 is 12.2 Å². The zero-order valence-corrected chi connectivity index (χ0v) is 28.7. The molecule has 0 aliphatic carbocycles. The third-order valence-electron chi connectivity index (χ3n) is 11.3. The Balaban J connectivity index is 1.23. The van der Waals surface area contributed by atoms with Crippen LogP contribution in [0.2, 0.25) is 0 Å². The van der Waals surface area contributed by atoms with Crippen molar-refractivity contribution in [3.63, 3.8) is 0 Å². The summed E-state index contributed by atoms with van der Waals surface area (Å²) in [5.74, 6) is 1.32. The first-order valence-corrected chi connectivity index (χ1v) is 17.8. The SMILES string of the molecule is C#Cc1c(F)ccc2cc(O)cc(-c3nc4c5c(nc(OC[C@@]67CCCN6[C@H](COCC(F)(F)F)CC7)nc5c3F)N3C[C@@H](CC)NC[C@H]3CC4)c12. The molecule has 274 valence electrons. The number of aromatic nitrogens is 3. The number of terminal acetylenes is 1. The molecule has 2 aromatic carbocycles. The maximum absolute atomic E-state index is 17.2. The minimum Gasteiger partial charge on any atom is -0.508 e. The summed E-state index contributed by atoms with van der Waals surface area (Å²) in [4.78, 5) is 18.8. The summed E-state index contributed by atoms with van der Waals surface area (Å²) in [6.45, 7) is 2.99. The highest BCUT2D eigenvalue weighted by Crippen LogP contribution is 2.45. The van der Waals surface area contributed by atoms with E-state index in [0.717, 1.165) is 19.3 Å². The van der Waals surface area contributed by atoms with Gasteiger partial charge in [0.15, 0.2) is 5.82 Å². The van der Waals surface area contributed by atoms with Crippen LogP contribution in [0.3, 0.4) is 0 Å². The Hall–Kier alpha value is -4.32. The van der Waals surface area contributed by atoms with Crippen molar-refractivity contribution in [1.29, 1.82) is 0 Å². The molecule has 6 heterocycles. The van der Waals surface area contributed by atoms with Crippen LogP contribution >= 0.6 is 0 Å². The summed E-state index contributed by atoms with van der Waals surface area (Å²) in [6.07, 6.45) is 6.43. The standard InChI is InChI=1S/C38H39F5N6O3/c1-3-22-17-48-23(16-44-22)7-9-29-31-34(32(40)33(45-29)27-15-25(50)14-21-6-8-28(39)26(4-2)30(21)27)46-36(47-35(31)48)52-19-37-11-5-13-49(37)24(10-12-37)18-51-20-38(41,42)43/h2,6,8,14-15,22-24,44,50H,3,5,7,9-13,16-20H2,1H3/t22-,23-,24+,37+/m1/s1. The van der Waals surface area contributed by atoms with E-state index >= 15 is 8.78 Å². The molecule has 8 rings (SSSR count). The molecule has 9 nitrogen and oxygen atoms in total. The van der Waals surface area contributed by atoms with Gasteiger partial charge < -0.3 is 24.8 Å². The molecule has 0 amide bonds. The van der Waals surface area contributed by atoms with E-state index in [1.165, 1.54) is 24.3 Å². The molecule has 4 aliphatic rings. The first-order chi connectivity index (χ1) is 25.0. The van der Waals surface area contributed by atoms with Crippen LogP contribution in [-0.4, -0.2) is 94.3 Å². The fourth-order valence-electron chi connectivity index (χ4n) is 8.85. The number of piperazine rings is 1. The van der Waals surface area contributed by atoms with E-state index in [2.05, 4.69) is 32.9 Å². The van der Waals surface area contributed by atoms with Gasteiger partial charge in [-0.3, -0.25) is 4.90 Å². The van der Waals surface area contributed by atoms with Crippen molar-refractivity contribution in [1.82, 2.24) is 25.2 Å². The summed E-state index contributed by atoms with van der Waals surface area (Å²) >= 11 is 0. The number of hydrogen-bond acceptors (Lipinski definition) is 9. The normalized spacial score (nSPS) is 24.6. The molecule has 14 heteroatoms. The molecule has 3 saturated heterocycles. The number of fused-ring (bicyclic) bond motifs is 4. The van der Waals surface area contributed by atoms with Crippen molar-refractivity contribution in [2.45, 2.75) is 81.7 Å². The number of pyridine rings is 1. The number of nitrogens with one attached hydrogen (secondary N) is 1. The van der Waals surface area contributed by atoms with Gasteiger partial charge in [-0.05, 0) is 75.1 Å². The van der Waals surface area contributed by atoms with E-state index in [4.69, 9.17) is 25.9 Å². The van der Waals surface area contributed by atoms with Gasteiger partial charge in [0.2, 0.25) is 0 Å². The highest BCUT2D eigenvalue weighted by molar-refractivity contribution is 6.03. The third-order valence-corrected chi connectivity index (χ3v) is 11.3. The summed E-state index contributed by atoms with van der Waals surface area (Å²) in [5, 5.41) is 15.5. The molecule has 4 aliphatic heterocycles. The lowest BCUT2D eigenvalue weighted by Gasteiger charge is -2.40. The zero-order chi connectivity index (χ0) is 36.4. The molecule has 0 saturated carbocycles. The van der Waals surface area contributed by atoms with Crippen molar-refractivity contribution in [2.24, 2.45) is 0 Å². The second-order valence-corrected chi connectivity index (χ2v) is 14.4. The van der Waals surface area contributed by atoms with Crippen molar-refractivity contribution in [2.75, 3.05) is 44.4 Å². The van der Waals surface area contributed by atoms with E-state index in [1.54, 1.807) is 0 Å². The number of anilines is 1. The first-order valence-electron chi connectivity index (χ1n) is 17.8. The lowest BCUT2D eigenvalue weighted by atomic mass is 9.95. The largest absolute Gasteiger partial charge is 0.508 e. The first kappa shape index (κ1) is 34.7. The lowest BCUT2D eigenvalue weighted by Crippen LogP contribution is -2.56. The molecule has 52 heavy (non-hydrogen) atoms. The summed E-state index contributed by atoms with van der Waals surface area (Å²) in [6, 6.07) is 5.49. The van der Waals surface area contributed by atoms with Gasteiger partial charge in [-0.15, -0.1) is 6.42 Å². The van der Waals surface area contributed by atoms with E-state index in [-0.39, 0.29) is 70.8 Å². The minimum atomic E-state index is -4.39. The maximum atomic E-state index is 17.2.